The summed E-state index contributed by atoms with van der Waals surface area (Å²) < 4.78 is 47.7. The fraction of sp³-hybridized carbons (Fsp3) is 0.333. The number of rotatable bonds is 0. The number of H-pyrrole nitrogens is 1. The molecular formula is C6H5F4N. The van der Waals surface area contributed by atoms with Gasteiger partial charge in [0, 0.05) is 5.69 Å². The van der Waals surface area contributed by atoms with Crippen molar-refractivity contribution in [3.05, 3.63) is 23.3 Å². The summed E-state index contributed by atoms with van der Waals surface area (Å²) in [5.74, 6) is -1.25. The largest absolute Gasteiger partial charge is 0.434 e. The van der Waals surface area contributed by atoms with Crippen LogP contribution in [0.25, 0.3) is 0 Å². The fourth-order valence-electron chi connectivity index (χ4n) is 0.761. The highest BCUT2D eigenvalue weighted by Crippen LogP contribution is 2.30. The van der Waals surface area contributed by atoms with Crippen molar-refractivity contribution in [2.75, 3.05) is 0 Å². The summed E-state index contributed by atoms with van der Waals surface area (Å²) in [6.45, 7) is 1.36. The van der Waals surface area contributed by atoms with Crippen LogP contribution < -0.4 is 0 Å². The third-order valence-electron chi connectivity index (χ3n) is 1.19. The highest BCUT2D eigenvalue weighted by atomic mass is 19.4. The van der Waals surface area contributed by atoms with Crippen molar-refractivity contribution < 1.29 is 17.6 Å². The third-order valence-corrected chi connectivity index (χ3v) is 1.19. The fourth-order valence-corrected chi connectivity index (χ4v) is 0.761. The monoisotopic (exact) mass is 167 g/mol. The lowest BCUT2D eigenvalue weighted by Crippen LogP contribution is -2.07. The molecule has 0 bridgehead atoms. The van der Waals surface area contributed by atoms with Crippen molar-refractivity contribution in [2.24, 2.45) is 0 Å². The number of aromatic nitrogens is 1. The minimum atomic E-state index is -4.63. The van der Waals surface area contributed by atoms with E-state index in [1.54, 1.807) is 0 Å². The Kier molecular flexibility index (Phi) is 1.66. The molecule has 0 atom stereocenters. The SMILES string of the molecule is Cc1cc(F)c(C(F)(F)F)[nH]1. The average Bonchev–Trinajstić information content (AvgIpc) is 2.08. The van der Waals surface area contributed by atoms with Crippen LogP contribution in [0, 0.1) is 12.7 Å². The Morgan fingerprint density at radius 2 is 1.91 bits per heavy atom. The summed E-state index contributed by atoms with van der Waals surface area (Å²) >= 11 is 0. The van der Waals surface area contributed by atoms with Gasteiger partial charge >= 0.3 is 6.18 Å². The zero-order chi connectivity index (χ0) is 8.65. The van der Waals surface area contributed by atoms with Crippen LogP contribution in [0.2, 0.25) is 0 Å². The molecule has 1 heterocycles. The van der Waals surface area contributed by atoms with Gasteiger partial charge in [0.25, 0.3) is 0 Å². The molecule has 1 aromatic rings. The maximum atomic E-state index is 12.4. The van der Waals surface area contributed by atoms with E-state index < -0.39 is 17.7 Å². The van der Waals surface area contributed by atoms with E-state index in [0.29, 0.717) is 0 Å². The predicted octanol–water partition coefficient (Wildman–Crippen LogP) is 2.48. The van der Waals surface area contributed by atoms with Crippen molar-refractivity contribution in [2.45, 2.75) is 13.1 Å². The molecule has 0 radical (unpaired) electrons. The smallest absolute Gasteiger partial charge is 0.353 e. The molecule has 5 heteroatoms. The van der Waals surface area contributed by atoms with E-state index in [1.165, 1.54) is 6.92 Å². The summed E-state index contributed by atoms with van der Waals surface area (Å²) in [5.41, 5.74) is -1.15. The van der Waals surface area contributed by atoms with Crippen LogP contribution in [0.3, 0.4) is 0 Å². The van der Waals surface area contributed by atoms with Crippen LogP contribution in [0.1, 0.15) is 11.4 Å². The van der Waals surface area contributed by atoms with Crippen LogP contribution >= 0.6 is 0 Å². The average molecular weight is 167 g/mol. The van der Waals surface area contributed by atoms with Crippen LogP contribution in [0.15, 0.2) is 6.07 Å². The molecule has 0 aromatic carbocycles. The summed E-state index contributed by atoms with van der Waals surface area (Å²) in [7, 11) is 0. The highest BCUT2D eigenvalue weighted by Gasteiger charge is 2.35. The molecular weight excluding hydrogens is 162 g/mol. The van der Waals surface area contributed by atoms with Crippen molar-refractivity contribution in [1.82, 2.24) is 4.98 Å². The second-order valence-electron chi connectivity index (χ2n) is 2.17. The molecule has 0 unspecified atom stereocenters. The van der Waals surface area contributed by atoms with E-state index in [1.807, 2.05) is 4.98 Å². The Bertz CT molecular complexity index is 260. The van der Waals surface area contributed by atoms with Crippen LogP contribution in [0.4, 0.5) is 17.6 Å². The van der Waals surface area contributed by atoms with E-state index in [9.17, 15) is 17.6 Å². The molecule has 0 aliphatic heterocycles. The quantitative estimate of drug-likeness (QED) is 0.571. The topological polar surface area (TPSA) is 15.8 Å². The van der Waals surface area contributed by atoms with Gasteiger partial charge in [-0.05, 0) is 13.0 Å². The van der Waals surface area contributed by atoms with E-state index >= 15 is 0 Å². The molecule has 11 heavy (non-hydrogen) atoms. The molecule has 0 amide bonds. The minimum absolute atomic E-state index is 0.162. The lowest BCUT2D eigenvalue weighted by molar-refractivity contribution is -0.143. The van der Waals surface area contributed by atoms with Gasteiger partial charge in [-0.15, -0.1) is 0 Å². The second-order valence-corrected chi connectivity index (χ2v) is 2.17. The molecule has 0 saturated carbocycles. The van der Waals surface area contributed by atoms with E-state index in [2.05, 4.69) is 0 Å². The summed E-state index contributed by atoms with van der Waals surface area (Å²) in [6.07, 6.45) is -4.63. The molecule has 0 aliphatic rings. The number of aromatic amines is 1. The van der Waals surface area contributed by atoms with Crippen LogP contribution in [-0.2, 0) is 6.18 Å². The maximum Gasteiger partial charge on any atom is 0.434 e. The van der Waals surface area contributed by atoms with Gasteiger partial charge in [-0.2, -0.15) is 13.2 Å². The second kappa shape index (κ2) is 2.25. The Morgan fingerprint density at radius 3 is 2.09 bits per heavy atom. The molecule has 0 saturated heterocycles. The molecule has 0 aliphatic carbocycles. The molecule has 62 valence electrons. The standard InChI is InChI=1S/C6H5F4N/c1-3-2-4(7)5(11-3)6(8,9)10/h2,11H,1H3. The van der Waals surface area contributed by atoms with Gasteiger partial charge in [0.1, 0.15) is 0 Å². The van der Waals surface area contributed by atoms with Gasteiger partial charge in [-0.25, -0.2) is 4.39 Å². The van der Waals surface area contributed by atoms with Crippen molar-refractivity contribution in [3.8, 4) is 0 Å². The Hall–Kier alpha value is -1.00. The van der Waals surface area contributed by atoms with Crippen molar-refractivity contribution in [3.63, 3.8) is 0 Å². The first-order valence-electron chi connectivity index (χ1n) is 2.83. The zero-order valence-corrected chi connectivity index (χ0v) is 5.59. The summed E-state index contributed by atoms with van der Waals surface area (Å²) in [5, 5.41) is 0. The number of hydrogen-bond acceptors (Lipinski definition) is 0. The minimum Gasteiger partial charge on any atom is -0.353 e. The van der Waals surface area contributed by atoms with Gasteiger partial charge in [-0.1, -0.05) is 0 Å². The maximum absolute atomic E-state index is 12.4. The van der Waals surface area contributed by atoms with E-state index in [4.69, 9.17) is 0 Å². The Labute approximate surface area is 60.0 Å². The number of aryl methyl sites for hydroxylation is 1. The van der Waals surface area contributed by atoms with Crippen LogP contribution in [-0.4, -0.2) is 4.98 Å². The first-order valence-corrected chi connectivity index (χ1v) is 2.83. The van der Waals surface area contributed by atoms with Gasteiger partial charge < -0.3 is 4.98 Å². The summed E-state index contributed by atoms with van der Waals surface area (Å²) in [6, 6.07) is 0.808. The molecule has 1 rings (SSSR count). The Morgan fingerprint density at radius 1 is 1.36 bits per heavy atom. The first-order chi connectivity index (χ1) is 4.91. The molecule has 1 aromatic heterocycles. The van der Waals surface area contributed by atoms with Crippen molar-refractivity contribution in [1.29, 1.82) is 0 Å². The van der Waals surface area contributed by atoms with Gasteiger partial charge in [-0.3, -0.25) is 0 Å². The van der Waals surface area contributed by atoms with Gasteiger partial charge in [0.05, 0.1) is 0 Å². The Balaban J connectivity index is 3.13. The molecule has 0 spiro atoms. The third kappa shape index (κ3) is 1.53. The predicted molar refractivity (Wildman–Crippen MR) is 30.5 cm³/mol. The lowest BCUT2D eigenvalue weighted by atomic mass is 10.4. The van der Waals surface area contributed by atoms with Crippen molar-refractivity contribution >= 4 is 0 Å². The van der Waals surface area contributed by atoms with E-state index in [-0.39, 0.29) is 5.69 Å². The molecule has 1 nitrogen and oxygen atoms in total. The van der Waals surface area contributed by atoms with Crippen LogP contribution in [0.5, 0.6) is 0 Å². The number of hydrogen-bond donors (Lipinski definition) is 1. The number of alkyl halides is 3. The zero-order valence-electron chi connectivity index (χ0n) is 5.59. The van der Waals surface area contributed by atoms with Gasteiger partial charge in [0.15, 0.2) is 11.5 Å². The highest BCUT2D eigenvalue weighted by molar-refractivity contribution is 5.16. The lowest BCUT2D eigenvalue weighted by Gasteiger charge is -2.02. The first kappa shape index (κ1) is 8.10. The van der Waals surface area contributed by atoms with Gasteiger partial charge in [0.2, 0.25) is 0 Å². The summed E-state index contributed by atoms with van der Waals surface area (Å²) in [4.78, 5) is 1.88. The number of nitrogens with one attached hydrogen (secondary N) is 1. The molecule has 0 fully saturated rings. The molecule has 1 N–H and O–H groups in total. The van der Waals surface area contributed by atoms with E-state index in [0.717, 1.165) is 6.07 Å². The number of halogens is 4. The normalized spacial score (nSPS) is 12.1.